The summed E-state index contributed by atoms with van der Waals surface area (Å²) in [4.78, 5) is 26.9. The third kappa shape index (κ3) is 2.98. The molecule has 0 radical (unpaired) electrons. The van der Waals surface area contributed by atoms with E-state index < -0.39 is 0 Å². The van der Waals surface area contributed by atoms with Crippen LogP contribution in [0.2, 0.25) is 0 Å². The highest BCUT2D eigenvalue weighted by molar-refractivity contribution is 5.91. The fraction of sp³-hybridized carbons (Fsp3) is 0.692. The fourth-order valence-corrected chi connectivity index (χ4v) is 2.27. The van der Waals surface area contributed by atoms with E-state index in [1.54, 1.807) is 34.8 Å². The molecule has 0 atom stereocenters. The van der Waals surface area contributed by atoms with Gasteiger partial charge in [0.2, 0.25) is 0 Å². The predicted octanol–water partition coefficient (Wildman–Crippen LogP) is -0.0438. The van der Waals surface area contributed by atoms with Crippen LogP contribution in [0.4, 0.5) is 4.79 Å². The van der Waals surface area contributed by atoms with E-state index in [-0.39, 0.29) is 18.0 Å². The Balaban J connectivity index is 1.51. The zero-order valence-corrected chi connectivity index (χ0v) is 12.3. The van der Waals surface area contributed by atoms with Gasteiger partial charge in [0.05, 0.1) is 12.2 Å². The van der Waals surface area contributed by atoms with Crippen LogP contribution < -0.4 is 5.32 Å². The van der Waals surface area contributed by atoms with Crippen LogP contribution in [-0.2, 0) is 0 Å². The molecular formula is C13H20N6O2. The molecule has 114 valence electrons. The number of hydrogen-bond donors (Lipinski definition) is 1. The first-order valence-electron chi connectivity index (χ1n) is 7.21. The Morgan fingerprint density at radius 2 is 2.10 bits per heavy atom. The molecule has 0 spiro atoms. The smallest absolute Gasteiger partial charge is 0.319 e. The highest BCUT2D eigenvalue weighted by Crippen LogP contribution is 2.27. The monoisotopic (exact) mass is 292 g/mol. The van der Waals surface area contributed by atoms with Gasteiger partial charge >= 0.3 is 6.03 Å². The summed E-state index contributed by atoms with van der Waals surface area (Å²) in [5.74, 6) is 0.468. The number of amides is 3. The Labute approximate surface area is 123 Å². The Morgan fingerprint density at radius 3 is 2.71 bits per heavy atom. The van der Waals surface area contributed by atoms with E-state index in [1.165, 1.54) is 12.8 Å². The van der Waals surface area contributed by atoms with Crippen molar-refractivity contribution < 1.29 is 9.59 Å². The average Bonchev–Trinajstić information content (AvgIpc) is 3.11. The van der Waals surface area contributed by atoms with Gasteiger partial charge in [-0.3, -0.25) is 4.79 Å². The van der Waals surface area contributed by atoms with E-state index in [0.717, 1.165) is 6.54 Å². The van der Waals surface area contributed by atoms with Crippen molar-refractivity contribution in [2.24, 2.45) is 5.92 Å². The number of nitrogens with zero attached hydrogens (tertiary/aromatic N) is 5. The molecule has 8 heteroatoms. The van der Waals surface area contributed by atoms with Gasteiger partial charge in [0.1, 0.15) is 0 Å². The molecule has 1 aromatic heterocycles. The molecule has 0 bridgehead atoms. The summed E-state index contributed by atoms with van der Waals surface area (Å²) < 4.78 is 1.67. The zero-order valence-electron chi connectivity index (χ0n) is 12.3. The van der Waals surface area contributed by atoms with Crippen molar-refractivity contribution in [2.75, 3.05) is 33.7 Å². The molecule has 0 aromatic carbocycles. The highest BCUT2D eigenvalue weighted by atomic mass is 16.2. The van der Waals surface area contributed by atoms with Crippen molar-refractivity contribution in [2.45, 2.75) is 18.9 Å². The molecule has 1 aromatic rings. The molecule has 1 aliphatic heterocycles. The minimum absolute atomic E-state index is 0.00577. The van der Waals surface area contributed by atoms with Gasteiger partial charge in [0, 0.05) is 33.7 Å². The first-order valence-corrected chi connectivity index (χ1v) is 7.21. The lowest BCUT2D eigenvalue weighted by atomic mass is 10.1. The van der Waals surface area contributed by atoms with Gasteiger partial charge in [-0.05, 0) is 18.8 Å². The summed E-state index contributed by atoms with van der Waals surface area (Å²) in [7, 11) is 3.46. The Bertz CT molecular complexity index is 545. The molecule has 1 saturated carbocycles. The van der Waals surface area contributed by atoms with Crippen molar-refractivity contribution in [1.29, 1.82) is 0 Å². The van der Waals surface area contributed by atoms with Crippen LogP contribution in [0.3, 0.4) is 0 Å². The van der Waals surface area contributed by atoms with E-state index in [0.29, 0.717) is 24.7 Å². The predicted molar refractivity (Wildman–Crippen MR) is 74.8 cm³/mol. The number of urea groups is 1. The third-order valence-electron chi connectivity index (χ3n) is 3.88. The lowest BCUT2D eigenvalue weighted by molar-refractivity contribution is 0.0943. The molecular weight excluding hydrogens is 272 g/mol. The molecule has 1 N–H and O–H groups in total. The van der Waals surface area contributed by atoms with Crippen molar-refractivity contribution in [1.82, 2.24) is 30.1 Å². The molecule has 3 amide bonds. The summed E-state index contributed by atoms with van der Waals surface area (Å²) in [5.41, 5.74) is 0.341. The first-order chi connectivity index (χ1) is 10.0. The third-order valence-corrected chi connectivity index (χ3v) is 3.88. The molecule has 8 nitrogen and oxygen atoms in total. The quantitative estimate of drug-likeness (QED) is 0.844. The van der Waals surface area contributed by atoms with E-state index in [4.69, 9.17) is 0 Å². The van der Waals surface area contributed by atoms with Crippen LogP contribution in [0.25, 0.3) is 0 Å². The van der Waals surface area contributed by atoms with Crippen molar-refractivity contribution in [3.8, 4) is 0 Å². The second kappa shape index (κ2) is 5.34. The number of hydrogen-bond acceptors (Lipinski definition) is 4. The maximum Gasteiger partial charge on any atom is 0.319 e. The first kappa shape index (κ1) is 13.8. The van der Waals surface area contributed by atoms with Crippen LogP contribution in [0.1, 0.15) is 29.4 Å². The highest BCUT2D eigenvalue weighted by Gasteiger charge is 2.34. The average molecular weight is 292 g/mol. The van der Waals surface area contributed by atoms with Crippen LogP contribution in [0, 0.1) is 5.92 Å². The summed E-state index contributed by atoms with van der Waals surface area (Å²) >= 11 is 0. The van der Waals surface area contributed by atoms with E-state index in [1.807, 2.05) is 0 Å². The standard InChI is InChI=1S/C13H20N6O2/c1-17(2)13(21)18-6-10(7-18)19-8-11(15-16-19)12(20)14-5-9-3-4-9/h8-10H,3-7H2,1-2H3,(H,14,20). The minimum Gasteiger partial charge on any atom is -0.350 e. The maximum absolute atomic E-state index is 11.9. The number of carbonyl (C=O) groups is 2. The van der Waals surface area contributed by atoms with E-state index >= 15 is 0 Å². The molecule has 1 saturated heterocycles. The lowest BCUT2D eigenvalue weighted by Crippen LogP contribution is -2.54. The number of nitrogens with one attached hydrogen (secondary N) is 1. The summed E-state index contributed by atoms with van der Waals surface area (Å²) in [6.07, 6.45) is 4.06. The van der Waals surface area contributed by atoms with Crippen LogP contribution in [-0.4, -0.2) is 70.5 Å². The van der Waals surface area contributed by atoms with Crippen LogP contribution >= 0.6 is 0 Å². The fourth-order valence-electron chi connectivity index (χ4n) is 2.27. The van der Waals surface area contributed by atoms with Crippen LogP contribution in [0.5, 0.6) is 0 Å². The largest absolute Gasteiger partial charge is 0.350 e. The van der Waals surface area contributed by atoms with Crippen molar-refractivity contribution in [3.63, 3.8) is 0 Å². The molecule has 21 heavy (non-hydrogen) atoms. The number of rotatable bonds is 4. The lowest BCUT2D eigenvalue weighted by Gasteiger charge is -2.40. The van der Waals surface area contributed by atoms with Gasteiger partial charge in [-0.2, -0.15) is 0 Å². The second-order valence-corrected chi connectivity index (χ2v) is 5.97. The Hall–Kier alpha value is -2.12. The molecule has 0 unspecified atom stereocenters. The summed E-state index contributed by atoms with van der Waals surface area (Å²) in [6, 6.07) is 0.0974. The van der Waals surface area contributed by atoms with Crippen molar-refractivity contribution in [3.05, 3.63) is 11.9 Å². The van der Waals surface area contributed by atoms with Gasteiger partial charge in [-0.25, -0.2) is 9.48 Å². The normalized spacial score (nSPS) is 18.3. The second-order valence-electron chi connectivity index (χ2n) is 5.97. The van der Waals surface area contributed by atoms with Gasteiger partial charge in [-0.1, -0.05) is 5.21 Å². The van der Waals surface area contributed by atoms with Crippen LogP contribution in [0.15, 0.2) is 6.20 Å². The maximum atomic E-state index is 11.9. The number of aromatic nitrogens is 3. The molecule has 2 heterocycles. The number of carbonyl (C=O) groups excluding carboxylic acids is 2. The summed E-state index contributed by atoms with van der Waals surface area (Å²) in [5, 5.41) is 10.8. The van der Waals surface area contributed by atoms with Crippen molar-refractivity contribution >= 4 is 11.9 Å². The molecule has 2 aliphatic rings. The number of likely N-dealkylation sites (tertiary alicyclic amines) is 1. The van der Waals surface area contributed by atoms with Gasteiger partial charge in [0.15, 0.2) is 5.69 Å². The van der Waals surface area contributed by atoms with E-state index in [9.17, 15) is 9.59 Å². The molecule has 3 rings (SSSR count). The summed E-state index contributed by atoms with van der Waals surface area (Å²) in [6.45, 7) is 1.92. The Kier molecular flexibility index (Phi) is 3.52. The SMILES string of the molecule is CN(C)C(=O)N1CC(n2cc(C(=O)NCC3CC3)nn2)C1. The zero-order chi connectivity index (χ0) is 15.0. The van der Waals surface area contributed by atoms with Gasteiger partial charge in [0.25, 0.3) is 5.91 Å². The van der Waals surface area contributed by atoms with E-state index in [2.05, 4.69) is 15.6 Å². The van der Waals surface area contributed by atoms with Gasteiger partial charge < -0.3 is 15.1 Å². The Morgan fingerprint density at radius 1 is 1.38 bits per heavy atom. The molecule has 2 fully saturated rings. The van der Waals surface area contributed by atoms with Gasteiger partial charge in [-0.15, -0.1) is 5.10 Å². The molecule has 1 aliphatic carbocycles. The minimum atomic E-state index is -0.173. The topological polar surface area (TPSA) is 83.4 Å².